The number of halogens is 2. The van der Waals surface area contributed by atoms with E-state index < -0.39 is 11.6 Å². The number of methoxy groups -OCH3 is 1. The average molecular weight is 252 g/mol. The molecule has 7 heteroatoms. The zero-order valence-electron chi connectivity index (χ0n) is 9.45. The molecule has 0 atom stereocenters. The molecule has 5 nitrogen and oxygen atoms in total. The van der Waals surface area contributed by atoms with Crippen LogP contribution in [0.3, 0.4) is 0 Å². The number of ether oxygens (including phenoxy) is 1. The predicted molar refractivity (Wildman–Crippen MR) is 62.6 cm³/mol. The van der Waals surface area contributed by atoms with Crippen molar-refractivity contribution in [2.75, 3.05) is 18.2 Å². The predicted octanol–water partition coefficient (Wildman–Crippen LogP) is 2.09. The third-order valence-electron chi connectivity index (χ3n) is 2.14. The normalized spacial score (nSPS) is 10.2. The molecular weight excluding hydrogens is 242 g/mol. The first kappa shape index (κ1) is 12.0. The van der Waals surface area contributed by atoms with Crippen LogP contribution in [0.15, 0.2) is 24.3 Å². The molecule has 2 rings (SSSR count). The molecule has 0 saturated heterocycles. The highest BCUT2D eigenvalue weighted by molar-refractivity contribution is 5.58. The summed E-state index contributed by atoms with van der Waals surface area (Å²) in [7, 11) is 1.41. The molecule has 0 aliphatic carbocycles. The summed E-state index contributed by atoms with van der Waals surface area (Å²) < 4.78 is 31.3. The van der Waals surface area contributed by atoms with Crippen molar-refractivity contribution >= 4 is 17.5 Å². The molecule has 0 aliphatic rings. The lowest BCUT2D eigenvalue weighted by Crippen LogP contribution is -2.03. The van der Waals surface area contributed by atoms with Crippen LogP contribution >= 0.6 is 0 Å². The summed E-state index contributed by atoms with van der Waals surface area (Å²) in [4.78, 5) is 7.60. The lowest BCUT2D eigenvalue weighted by atomic mass is 10.3. The Hall–Kier alpha value is -2.44. The van der Waals surface area contributed by atoms with Crippen LogP contribution in [0.4, 0.5) is 26.2 Å². The number of nitrogens with zero attached hydrogens (tertiary/aromatic N) is 2. The van der Waals surface area contributed by atoms with E-state index >= 15 is 0 Å². The molecule has 0 radical (unpaired) electrons. The Morgan fingerprint density at radius 2 is 2.06 bits per heavy atom. The minimum Gasteiger partial charge on any atom is -0.481 e. The molecule has 0 unspecified atom stereocenters. The van der Waals surface area contributed by atoms with E-state index in [9.17, 15) is 8.78 Å². The second-order valence-electron chi connectivity index (χ2n) is 3.38. The zero-order valence-corrected chi connectivity index (χ0v) is 9.45. The molecular formula is C11H10F2N4O. The summed E-state index contributed by atoms with van der Waals surface area (Å²) in [6.07, 6.45) is 0. The summed E-state index contributed by atoms with van der Waals surface area (Å²) in [5.41, 5.74) is 5.40. The number of nitrogens with two attached hydrogens (primary N) is 1. The molecule has 1 heterocycles. The van der Waals surface area contributed by atoms with Gasteiger partial charge in [0.15, 0.2) is 11.6 Å². The van der Waals surface area contributed by atoms with Crippen molar-refractivity contribution in [2.45, 2.75) is 0 Å². The van der Waals surface area contributed by atoms with E-state index in [2.05, 4.69) is 15.3 Å². The molecule has 94 valence electrons. The largest absolute Gasteiger partial charge is 0.481 e. The number of aromatic nitrogens is 2. The molecule has 18 heavy (non-hydrogen) atoms. The van der Waals surface area contributed by atoms with E-state index in [0.717, 1.165) is 6.07 Å². The van der Waals surface area contributed by atoms with Crippen molar-refractivity contribution in [2.24, 2.45) is 0 Å². The van der Waals surface area contributed by atoms with Crippen LogP contribution in [0.25, 0.3) is 0 Å². The fourth-order valence-corrected chi connectivity index (χ4v) is 1.35. The lowest BCUT2D eigenvalue weighted by molar-refractivity contribution is 0.398. The Kier molecular flexibility index (Phi) is 3.22. The molecule has 0 fully saturated rings. The summed E-state index contributed by atoms with van der Waals surface area (Å²) in [6.45, 7) is 0. The van der Waals surface area contributed by atoms with Crippen molar-refractivity contribution in [3.8, 4) is 5.88 Å². The summed E-state index contributed by atoms with van der Waals surface area (Å²) >= 11 is 0. The highest BCUT2D eigenvalue weighted by Gasteiger charge is 2.09. The van der Waals surface area contributed by atoms with Crippen LogP contribution < -0.4 is 15.8 Å². The number of rotatable bonds is 3. The molecule has 1 aromatic carbocycles. The van der Waals surface area contributed by atoms with Gasteiger partial charge >= 0.3 is 0 Å². The van der Waals surface area contributed by atoms with Crippen LogP contribution in [-0.2, 0) is 0 Å². The van der Waals surface area contributed by atoms with Gasteiger partial charge in [0, 0.05) is 6.07 Å². The Morgan fingerprint density at radius 1 is 1.28 bits per heavy atom. The molecule has 0 amide bonds. The summed E-state index contributed by atoms with van der Waals surface area (Å²) in [5, 5.41) is 2.60. The SMILES string of the molecule is COc1cc(Nc2cccc(F)c2F)nc(N)n1. The maximum atomic E-state index is 13.4. The maximum Gasteiger partial charge on any atom is 0.225 e. The van der Waals surface area contributed by atoms with Crippen LogP contribution in [0.1, 0.15) is 0 Å². The van der Waals surface area contributed by atoms with Gasteiger partial charge in [-0.3, -0.25) is 0 Å². The van der Waals surface area contributed by atoms with Crippen LogP contribution in [-0.4, -0.2) is 17.1 Å². The van der Waals surface area contributed by atoms with Gasteiger partial charge in [-0.1, -0.05) is 6.07 Å². The highest BCUT2D eigenvalue weighted by Crippen LogP contribution is 2.22. The number of nitrogen functional groups attached to an aromatic ring is 1. The smallest absolute Gasteiger partial charge is 0.225 e. The first-order valence-electron chi connectivity index (χ1n) is 4.99. The zero-order chi connectivity index (χ0) is 13.1. The second-order valence-corrected chi connectivity index (χ2v) is 3.38. The summed E-state index contributed by atoms with van der Waals surface area (Å²) in [6, 6.07) is 5.20. The van der Waals surface area contributed by atoms with E-state index in [1.54, 1.807) is 0 Å². The van der Waals surface area contributed by atoms with Crippen molar-refractivity contribution < 1.29 is 13.5 Å². The van der Waals surface area contributed by atoms with Crippen LogP contribution in [0, 0.1) is 11.6 Å². The molecule has 0 bridgehead atoms. The fourth-order valence-electron chi connectivity index (χ4n) is 1.35. The molecule has 0 aliphatic heterocycles. The monoisotopic (exact) mass is 252 g/mol. The van der Waals surface area contributed by atoms with Gasteiger partial charge in [-0.05, 0) is 12.1 Å². The molecule has 0 saturated carbocycles. The third-order valence-corrected chi connectivity index (χ3v) is 2.14. The molecule has 0 spiro atoms. The number of benzene rings is 1. The first-order valence-corrected chi connectivity index (χ1v) is 4.99. The van der Waals surface area contributed by atoms with Crippen molar-refractivity contribution in [3.63, 3.8) is 0 Å². The number of hydrogen-bond acceptors (Lipinski definition) is 5. The average Bonchev–Trinajstić information content (AvgIpc) is 2.34. The lowest BCUT2D eigenvalue weighted by Gasteiger charge is -2.08. The minimum absolute atomic E-state index is 0.0336. The molecule has 2 aromatic rings. The van der Waals surface area contributed by atoms with Gasteiger partial charge in [-0.2, -0.15) is 9.97 Å². The van der Waals surface area contributed by atoms with Crippen molar-refractivity contribution in [1.82, 2.24) is 9.97 Å². The fraction of sp³-hybridized carbons (Fsp3) is 0.0909. The van der Waals surface area contributed by atoms with Crippen molar-refractivity contribution in [3.05, 3.63) is 35.9 Å². The third kappa shape index (κ3) is 2.45. The summed E-state index contributed by atoms with van der Waals surface area (Å²) in [5.74, 6) is -1.54. The van der Waals surface area contributed by atoms with Crippen molar-refractivity contribution in [1.29, 1.82) is 0 Å². The van der Waals surface area contributed by atoms with Gasteiger partial charge in [-0.15, -0.1) is 0 Å². The van der Waals surface area contributed by atoms with Gasteiger partial charge in [0.1, 0.15) is 5.82 Å². The number of hydrogen-bond donors (Lipinski definition) is 2. The van der Waals surface area contributed by atoms with Gasteiger partial charge in [0.2, 0.25) is 11.8 Å². The Bertz CT molecular complexity index is 577. The minimum atomic E-state index is -0.992. The quantitative estimate of drug-likeness (QED) is 0.875. The van der Waals surface area contributed by atoms with E-state index in [4.69, 9.17) is 10.5 Å². The number of nitrogens with one attached hydrogen (secondary N) is 1. The van der Waals surface area contributed by atoms with E-state index in [1.807, 2.05) is 0 Å². The van der Waals surface area contributed by atoms with E-state index in [-0.39, 0.29) is 23.3 Å². The highest BCUT2D eigenvalue weighted by atomic mass is 19.2. The number of anilines is 3. The van der Waals surface area contributed by atoms with E-state index in [0.29, 0.717) is 0 Å². The Balaban J connectivity index is 2.34. The first-order chi connectivity index (χ1) is 8.60. The molecule has 3 N–H and O–H groups in total. The van der Waals surface area contributed by atoms with Crippen LogP contribution in [0.5, 0.6) is 5.88 Å². The maximum absolute atomic E-state index is 13.4. The second kappa shape index (κ2) is 4.82. The Morgan fingerprint density at radius 3 is 2.78 bits per heavy atom. The molecule has 1 aromatic heterocycles. The standard InChI is InChI=1S/C11H10F2N4O/c1-18-9-5-8(16-11(14)17-9)15-7-4-2-3-6(12)10(7)13/h2-5H,1H3,(H3,14,15,16,17). The van der Waals surface area contributed by atoms with Gasteiger partial charge < -0.3 is 15.8 Å². The van der Waals surface area contributed by atoms with Crippen LogP contribution in [0.2, 0.25) is 0 Å². The van der Waals surface area contributed by atoms with Gasteiger partial charge in [0.25, 0.3) is 0 Å². The van der Waals surface area contributed by atoms with Gasteiger partial charge in [0.05, 0.1) is 12.8 Å². The van der Waals surface area contributed by atoms with Gasteiger partial charge in [-0.25, -0.2) is 8.78 Å². The Labute approximate surface area is 102 Å². The van der Waals surface area contributed by atoms with E-state index in [1.165, 1.54) is 25.3 Å². The topological polar surface area (TPSA) is 73.1 Å².